The number of urea groups is 1. The van der Waals surface area contributed by atoms with Gasteiger partial charge in [-0.2, -0.15) is 5.10 Å². The Morgan fingerprint density at radius 3 is 2.59 bits per heavy atom. The van der Waals surface area contributed by atoms with Crippen molar-refractivity contribution in [2.24, 2.45) is 16.0 Å². The smallest absolute Gasteiger partial charge is 0.325 e. The lowest BCUT2D eigenvalue weighted by molar-refractivity contribution is -0.384. The van der Waals surface area contributed by atoms with Crippen LogP contribution in [0.3, 0.4) is 0 Å². The number of aliphatic imine (C=N–C) groups is 1. The molecule has 3 amide bonds. The molecule has 1 saturated heterocycles. The van der Waals surface area contributed by atoms with Gasteiger partial charge in [0.25, 0.3) is 11.6 Å². The lowest BCUT2D eigenvalue weighted by Crippen LogP contribution is -2.64. The summed E-state index contributed by atoms with van der Waals surface area (Å²) in [5.41, 5.74) is 4.20. The van der Waals surface area contributed by atoms with Crippen molar-refractivity contribution in [3.05, 3.63) is 39.9 Å². The number of likely N-dealkylation sites (N-methyl/N-ethyl adjacent to an activating group) is 1. The number of fused-ring (bicyclic) bond motifs is 1. The molecule has 2 N–H and O–H groups in total. The molecule has 1 aromatic carbocycles. The van der Waals surface area contributed by atoms with Crippen molar-refractivity contribution >= 4 is 29.3 Å². The number of amides is 3. The van der Waals surface area contributed by atoms with Gasteiger partial charge in [-0.15, -0.1) is 0 Å². The maximum atomic E-state index is 12.4. The summed E-state index contributed by atoms with van der Waals surface area (Å²) >= 11 is 0. The number of hydrazone groups is 1. The second kappa shape index (κ2) is 7.86. The average molecular weight is 401 g/mol. The molecule has 3 rings (SSSR count). The summed E-state index contributed by atoms with van der Waals surface area (Å²) in [5.74, 6) is 0.248. The Morgan fingerprint density at radius 2 is 2.00 bits per heavy atom. The lowest BCUT2D eigenvalue weighted by Gasteiger charge is -2.36. The summed E-state index contributed by atoms with van der Waals surface area (Å²) in [4.78, 5) is 42.4. The summed E-state index contributed by atoms with van der Waals surface area (Å²) in [7, 11) is 1.59. The quantitative estimate of drug-likeness (QED) is 0.431. The molecule has 0 aromatic heterocycles. The highest BCUT2D eigenvalue weighted by atomic mass is 16.6. The van der Waals surface area contributed by atoms with Crippen molar-refractivity contribution in [3.8, 4) is 0 Å². The largest absolute Gasteiger partial charge is 0.325 e. The molecule has 154 valence electrons. The van der Waals surface area contributed by atoms with Crippen LogP contribution < -0.4 is 10.7 Å². The molecule has 1 fully saturated rings. The molecule has 11 heteroatoms. The van der Waals surface area contributed by atoms with Crippen LogP contribution in [0.1, 0.15) is 26.3 Å². The van der Waals surface area contributed by atoms with Gasteiger partial charge in [-0.05, 0) is 30.5 Å². The highest BCUT2D eigenvalue weighted by molar-refractivity contribution is 6.04. The van der Waals surface area contributed by atoms with Crippen LogP contribution in [0.4, 0.5) is 10.5 Å². The number of benzene rings is 1. The molecule has 11 nitrogen and oxygen atoms in total. The fraction of sp³-hybridized carbons (Fsp3) is 0.444. The zero-order chi connectivity index (χ0) is 21.3. The third-order valence-corrected chi connectivity index (χ3v) is 4.74. The van der Waals surface area contributed by atoms with Crippen molar-refractivity contribution in [1.82, 2.24) is 20.5 Å². The number of non-ortho nitro benzene ring substituents is 1. The Balaban J connectivity index is 1.83. The van der Waals surface area contributed by atoms with Crippen molar-refractivity contribution < 1.29 is 14.5 Å². The molecular formula is C18H23N7O4. The zero-order valence-corrected chi connectivity index (χ0v) is 16.6. The van der Waals surface area contributed by atoms with E-state index in [-0.39, 0.29) is 11.6 Å². The molecule has 0 spiro atoms. The van der Waals surface area contributed by atoms with Gasteiger partial charge in [0.1, 0.15) is 0 Å². The number of nitrogens with zero attached hydrogens (tertiary/aromatic N) is 5. The van der Waals surface area contributed by atoms with E-state index in [9.17, 15) is 19.7 Å². The summed E-state index contributed by atoms with van der Waals surface area (Å²) in [6.07, 6.45) is -0.632. The zero-order valence-electron chi connectivity index (χ0n) is 16.6. The van der Waals surface area contributed by atoms with Crippen LogP contribution in [0.2, 0.25) is 0 Å². The van der Waals surface area contributed by atoms with E-state index in [0.717, 1.165) is 0 Å². The van der Waals surface area contributed by atoms with E-state index in [0.29, 0.717) is 23.8 Å². The monoisotopic (exact) mass is 401 g/mol. The van der Waals surface area contributed by atoms with Gasteiger partial charge >= 0.3 is 6.03 Å². The minimum absolute atomic E-state index is 0.000535. The minimum atomic E-state index is -0.632. The number of imide groups is 1. The molecule has 2 aliphatic heterocycles. The molecule has 0 saturated carbocycles. The van der Waals surface area contributed by atoms with Crippen LogP contribution >= 0.6 is 0 Å². The van der Waals surface area contributed by atoms with Crippen LogP contribution in [0.5, 0.6) is 0 Å². The lowest BCUT2D eigenvalue weighted by atomic mass is 10.1. The fourth-order valence-electron chi connectivity index (χ4n) is 3.23. The topological polar surface area (TPSA) is 133 Å². The summed E-state index contributed by atoms with van der Waals surface area (Å²) in [6.45, 7) is 6.35. The van der Waals surface area contributed by atoms with Crippen LogP contribution in [-0.2, 0) is 4.79 Å². The molecule has 1 aromatic rings. The Kier molecular flexibility index (Phi) is 5.48. The summed E-state index contributed by atoms with van der Waals surface area (Å²) in [5, 5.41) is 17.5. The Labute approximate surface area is 167 Å². The van der Waals surface area contributed by atoms with E-state index < -0.39 is 29.1 Å². The molecule has 2 heterocycles. The van der Waals surface area contributed by atoms with Crippen LogP contribution in [0.15, 0.2) is 34.4 Å². The average Bonchev–Trinajstić information content (AvgIpc) is 3.02. The third kappa shape index (κ3) is 4.03. The maximum Gasteiger partial charge on any atom is 0.325 e. The van der Waals surface area contributed by atoms with Crippen LogP contribution in [0, 0.1) is 16.0 Å². The molecule has 0 bridgehead atoms. The van der Waals surface area contributed by atoms with E-state index in [4.69, 9.17) is 0 Å². The number of carbonyl (C=O) groups is 2. The molecule has 2 atom stereocenters. The molecule has 0 radical (unpaired) electrons. The number of guanidine groups is 1. The van der Waals surface area contributed by atoms with E-state index in [2.05, 4.69) is 20.8 Å². The van der Waals surface area contributed by atoms with Gasteiger partial charge in [-0.25, -0.2) is 15.2 Å². The first-order valence-corrected chi connectivity index (χ1v) is 9.16. The Hall–Kier alpha value is -3.50. The van der Waals surface area contributed by atoms with Gasteiger partial charge in [-0.1, -0.05) is 13.8 Å². The number of nitro groups is 1. The number of carbonyl (C=O) groups excluding carboxylic acids is 2. The fourth-order valence-corrected chi connectivity index (χ4v) is 3.23. The van der Waals surface area contributed by atoms with Gasteiger partial charge in [0, 0.05) is 25.7 Å². The summed E-state index contributed by atoms with van der Waals surface area (Å²) in [6, 6.07) is 4.92. The third-order valence-electron chi connectivity index (χ3n) is 4.74. The molecule has 2 aliphatic rings. The van der Waals surface area contributed by atoms with Gasteiger partial charge in [-0.3, -0.25) is 20.2 Å². The van der Waals surface area contributed by atoms with E-state index in [1.54, 1.807) is 31.0 Å². The Morgan fingerprint density at radius 1 is 1.34 bits per heavy atom. The maximum absolute atomic E-state index is 12.4. The van der Waals surface area contributed by atoms with E-state index in [1.807, 2.05) is 13.8 Å². The van der Waals surface area contributed by atoms with Gasteiger partial charge in [0.2, 0.25) is 5.96 Å². The highest BCUT2D eigenvalue weighted by Gasteiger charge is 2.48. The molecule has 2 unspecified atom stereocenters. The number of hydrogen-bond donors (Lipinski definition) is 2. The number of rotatable bonds is 5. The first-order chi connectivity index (χ1) is 13.7. The van der Waals surface area contributed by atoms with Crippen molar-refractivity contribution in [2.75, 3.05) is 13.6 Å². The minimum Gasteiger partial charge on any atom is -0.325 e. The number of nitro benzene ring substituents is 1. The second-order valence-electron chi connectivity index (χ2n) is 7.38. The SMILES string of the molecule is C/C(=N\NC1=NC2C(C(=O)NC(=O)N2C)N1CC(C)C)c1ccc([N+](=O)[O-])cc1. The Bertz CT molecular complexity index is 894. The molecular weight excluding hydrogens is 378 g/mol. The van der Waals surface area contributed by atoms with Crippen molar-refractivity contribution in [2.45, 2.75) is 33.0 Å². The normalized spacial score (nSPS) is 21.8. The van der Waals surface area contributed by atoms with Crippen LogP contribution in [-0.4, -0.2) is 64.1 Å². The van der Waals surface area contributed by atoms with Gasteiger partial charge < -0.3 is 9.80 Å². The van der Waals surface area contributed by atoms with Crippen LogP contribution in [0.25, 0.3) is 0 Å². The first-order valence-electron chi connectivity index (χ1n) is 9.16. The van der Waals surface area contributed by atoms with Crippen molar-refractivity contribution in [1.29, 1.82) is 0 Å². The number of nitrogens with one attached hydrogen (secondary N) is 2. The molecule has 0 aliphatic carbocycles. The predicted molar refractivity (Wildman–Crippen MR) is 106 cm³/mol. The number of hydrogen-bond acceptors (Lipinski definition) is 8. The van der Waals surface area contributed by atoms with E-state index in [1.165, 1.54) is 17.0 Å². The van der Waals surface area contributed by atoms with E-state index >= 15 is 0 Å². The highest BCUT2D eigenvalue weighted by Crippen LogP contribution is 2.24. The first kappa shape index (κ1) is 20.2. The van der Waals surface area contributed by atoms with Gasteiger partial charge in [0.15, 0.2) is 12.2 Å². The van der Waals surface area contributed by atoms with Crippen molar-refractivity contribution in [3.63, 3.8) is 0 Å². The predicted octanol–water partition coefficient (Wildman–Crippen LogP) is 1.11. The summed E-state index contributed by atoms with van der Waals surface area (Å²) < 4.78 is 0. The van der Waals surface area contributed by atoms with Gasteiger partial charge in [0.05, 0.1) is 10.6 Å². The molecule has 29 heavy (non-hydrogen) atoms. The second-order valence-corrected chi connectivity index (χ2v) is 7.38. The standard InChI is InChI=1S/C18H23N7O4/c1-10(2)9-24-14-15(23(4)18(27)20-16(14)26)19-17(24)22-21-11(3)12-5-7-13(8-6-12)25(28)29/h5-8,10,14-15H,9H2,1-4H3,(H,19,22)(H,20,26,27)/b21-11+.